The first-order valence-corrected chi connectivity index (χ1v) is 7.03. The first kappa shape index (κ1) is 14.1. The lowest BCUT2D eigenvalue weighted by Crippen LogP contribution is -2.00. The van der Waals surface area contributed by atoms with Crippen LogP contribution < -0.4 is 10.1 Å². The number of nitrogens with one attached hydrogen (secondary N) is 1. The van der Waals surface area contributed by atoms with Crippen LogP contribution >= 0.6 is 22.9 Å². The Morgan fingerprint density at radius 1 is 1.42 bits per heavy atom. The summed E-state index contributed by atoms with van der Waals surface area (Å²) in [7, 11) is 1.63. The van der Waals surface area contributed by atoms with Gasteiger partial charge in [-0.25, -0.2) is 4.98 Å². The minimum atomic E-state index is 0.122. The highest BCUT2D eigenvalue weighted by Crippen LogP contribution is 2.23. The maximum absolute atomic E-state index is 9.00. The maximum atomic E-state index is 9.00. The van der Waals surface area contributed by atoms with E-state index in [1.54, 1.807) is 13.3 Å². The largest absolute Gasteiger partial charge is 0.497 e. The Labute approximate surface area is 121 Å². The van der Waals surface area contributed by atoms with E-state index in [-0.39, 0.29) is 6.61 Å². The molecule has 0 unspecified atom stereocenters. The van der Waals surface area contributed by atoms with Crippen LogP contribution in [-0.4, -0.2) is 23.8 Å². The number of methoxy groups -OCH3 is 1. The summed E-state index contributed by atoms with van der Waals surface area (Å²) >= 11 is 7.24. The molecular formula is C13H15ClN2O2S. The molecule has 0 amide bonds. The lowest BCUT2D eigenvalue weighted by atomic mass is 10.1. The van der Waals surface area contributed by atoms with Gasteiger partial charge in [0.2, 0.25) is 0 Å². The van der Waals surface area contributed by atoms with Crippen molar-refractivity contribution in [3.05, 3.63) is 39.3 Å². The third kappa shape index (κ3) is 4.09. The number of hydrogen-bond acceptors (Lipinski definition) is 5. The number of aliphatic hydroxyl groups is 1. The Hall–Kier alpha value is -1.30. The molecule has 2 N–H and O–H groups in total. The summed E-state index contributed by atoms with van der Waals surface area (Å²) in [5.41, 5.74) is 1.99. The van der Waals surface area contributed by atoms with E-state index < -0.39 is 0 Å². The molecule has 6 heteroatoms. The summed E-state index contributed by atoms with van der Waals surface area (Å²) in [6.45, 7) is 0.785. The van der Waals surface area contributed by atoms with E-state index in [4.69, 9.17) is 21.4 Å². The summed E-state index contributed by atoms with van der Waals surface area (Å²) in [4.78, 5) is 5.06. The lowest BCUT2D eigenvalue weighted by molar-refractivity contribution is 0.299. The van der Waals surface area contributed by atoms with Crippen molar-refractivity contribution in [2.24, 2.45) is 0 Å². The summed E-state index contributed by atoms with van der Waals surface area (Å²) in [5, 5.41) is 12.3. The van der Waals surface area contributed by atoms with Crippen LogP contribution in [0.1, 0.15) is 10.4 Å². The zero-order chi connectivity index (χ0) is 13.7. The van der Waals surface area contributed by atoms with Gasteiger partial charge in [0.15, 0.2) is 4.47 Å². The summed E-state index contributed by atoms with van der Waals surface area (Å²) in [6.07, 6.45) is 2.37. The maximum Gasteiger partial charge on any atom is 0.183 e. The molecule has 0 fully saturated rings. The topological polar surface area (TPSA) is 54.4 Å². The van der Waals surface area contributed by atoms with Gasteiger partial charge in [0.1, 0.15) is 5.75 Å². The number of ether oxygens (including phenoxy) is 1. The molecule has 0 saturated carbocycles. The summed E-state index contributed by atoms with van der Waals surface area (Å²) < 4.78 is 5.79. The Kier molecular flexibility index (Phi) is 5.01. The quantitative estimate of drug-likeness (QED) is 0.861. The normalized spacial score (nSPS) is 10.5. The van der Waals surface area contributed by atoms with Crippen LogP contribution in [-0.2, 0) is 13.0 Å². The molecule has 0 aliphatic rings. The van der Waals surface area contributed by atoms with Crippen molar-refractivity contribution >= 4 is 28.6 Å². The average Bonchev–Trinajstić information content (AvgIpc) is 2.82. The molecule has 0 aliphatic carbocycles. The SMILES string of the molecule is COc1cc(CCO)cc(NCc2cnc(Cl)s2)c1. The van der Waals surface area contributed by atoms with E-state index in [9.17, 15) is 0 Å². The Bertz CT molecular complexity index is 545. The average molecular weight is 299 g/mol. The van der Waals surface area contributed by atoms with E-state index >= 15 is 0 Å². The minimum Gasteiger partial charge on any atom is -0.497 e. The second kappa shape index (κ2) is 6.75. The lowest BCUT2D eigenvalue weighted by Gasteiger charge is -2.10. The number of hydrogen-bond donors (Lipinski definition) is 2. The van der Waals surface area contributed by atoms with Crippen LogP contribution in [0.15, 0.2) is 24.4 Å². The third-order valence-electron chi connectivity index (χ3n) is 2.59. The van der Waals surface area contributed by atoms with Crippen LogP contribution in [0, 0.1) is 0 Å². The molecule has 0 bridgehead atoms. The van der Waals surface area contributed by atoms with Crippen LogP contribution in [0.3, 0.4) is 0 Å². The fourth-order valence-electron chi connectivity index (χ4n) is 1.71. The first-order chi connectivity index (χ1) is 9.21. The van der Waals surface area contributed by atoms with Gasteiger partial charge in [-0.05, 0) is 24.1 Å². The number of aromatic nitrogens is 1. The van der Waals surface area contributed by atoms with Crippen molar-refractivity contribution in [3.63, 3.8) is 0 Å². The van der Waals surface area contributed by atoms with E-state index in [0.29, 0.717) is 17.4 Å². The van der Waals surface area contributed by atoms with Crippen LogP contribution in [0.5, 0.6) is 5.75 Å². The van der Waals surface area contributed by atoms with Gasteiger partial charge < -0.3 is 15.2 Å². The molecule has 102 valence electrons. The Balaban J connectivity index is 2.08. The first-order valence-electron chi connectivity index (χ1n) is 5.84. The number of aliphatic hydroxyl groups excluding tert-OH is 1. The number of nitrogens with zero attached hydrogens (tertiary/aromatic N) is 1. The molecule has 4 nitrogen and oxygen atoms in total. The van der Waals surface area contributed by atoms with Gasteiger partial charge in [0.25, 0.3) is 0 Å². The van der Waals surface area contributed by atoms with E-state index in [2.05, 4.69) is 10.3 Å². The molecule has 19 heavy (non-hydrogen) atoms. The van der Waals surface area contributed by atoms with E-state index in [0.717, 1.165) is 21.9 Å². The predicted octanol–water partition coefficient (Wildman–Crippen LogP) is 2.95. The molecule has 0 atom stereocenters. The van der Waals surface area contributed by atoms with E-state index in [1.165, 1.54) is 11.3 Å². The standard InChI is InChI=1S/C13H15ClN2O2S/c1-18-11-5-9(2-3-17)4-10(6-11)15-7-12-8-16-13(14)19-12/h4-6,8,15,17H,2-3,7H2,1H3. The summed E-state index contributed by atoms with van der Waals surface area (Å²) in [5.74, 6) is 0.774. The van der Waals surface area contributed by atoms with Crippen LogP contribution in [0.2, 0.25) is 4.47 Å². The molecule has 1 heterocycles. The van der Waals surface area contributed by atoms with Crippen LogP contribution in [0.4, 0.5) is 5.69 Å². The molecule has 2 aromatic rings. The van der Waals surface area contributed by atoms with Gasteiger partial charge >= 0.3 is 0 Å². The number of halogens is 1. The van der Waals surface area contributed by atoms with Crippen molar-refractivity contribution in [1.29, 1.82) is 0 Å². The van der Waals surface area contributed by atoms with E-state index in [1.807, 2.05) is 18.2 Å². The molecule has 1 aromatic heterocycles. The van der Waals surface area contributed by atoms with Gasteiger partial charge in [-0.2, -0.15) is 0 Å². The van der Waals surface area contributed by atoms with Gasteiger partial charge in [-0.3, -0.25) is 0 Å². The molecule has 2 rings (SSSR count). The molecule has 0 aliphatic heterocycles. The minimum absolute atomic E-state index is 0.122. The van der Waals surface area contributed by atoms with Gasteiger partial charge in [-0.15, -0.1) is 11.3 Å². The fourth-order valence-corrected chi connectivity index (χ4v) is 2.63. The van der Waals surface area contributed by atoms with Crippen molar-refractivity contribution in [3.8, 4) is 5.75 Å². The Morgan fingerprint density at radius 3 is 2.89 bits per heavy atom. The molecule has 1 aromatic carbocycles. The second-order valence-electron chi connectivity index (χ2n) is 3.98. The monoisotopic (exact) mass is 298 g/mol. The number of thiazole rings is 1. The van der Waals surface area contributed by atoms with Gasteiger partial charge in [0, 0.05) is 29.4 Å². The third-order valence-corrected chi connectivity index (χ3v) is 3.71. The number of benzene rings is 1. The van der Waals surface area contributed by atoms with Crippen molar-refractivity contribution in [2.45, 2.75) is 13.0 Å². The predicted molar refractivity (Wildman–Crippen MR) is 78.2 cm³/mol. The van der Waals surface area contributed by atoms with Crippen LogP contribution in [0.25, 0.3) is 0 Å². The van der Waals surface area contributed by atoms with Crippen molar-refractivity contribution < 1.29 is 9.84 Å². The number of rotatable bonds is 6. The zero-order valence-corrected chi connectivity index (χ0v) is 12.1. The highest BCUT2D eigenvalue weighted by molar-refractivity contribution is 7.15. The second-order valence-corrected chi connectivity index (χ2v) is 5.67. The highest BCUT2D eigenvalue weighted by atomic mass is 35.5. The molecule has 0 radical (unpaired) electrons. The molecular weight excluding hydrogens is 284 g/mol. The van der Waals surface area contributed by atoms with Crippen molar-refractivity contribution in [1.82, 2.24) is 4.98 Å². The molecule has 0 saturated heterocycles. The smallest absolute Gasteiger partial charge is 0.183 e. The number of anilines is 1. The zero-order valence-electron chi connectivity index (χ0n) is 10.5. The highest BCUT2D eigenvalue weighted by Gasteiger charge is 2.03. The molecule has 0 spiro atoms. The van der Waals surface area contributed by atoms with Gasteiger partial charge in [-0.1, -0.05) is 11.6 Å². The van der Waals surface area contributed by atoms with Crippen molar-refractivity contribution in [2.75, 3.05) is 19.0 Å². The van der Waals surface area contributed by atoms with Gasteiger partial charge in [0.05, 0.1) is 13.7 Å². The fraction of sp³-hybridized carbons (Fsp3) is 0.308. The Morgan fingerprint density at radius 2 is 2.26 bits per heavy atom. The summed E-state index contributed by atoms with van der Waals surface area (Å²) in [6, 6.07) is 5.84.